The third kappa shape index (κ3) is 3.25. The number of aliphatic hydroxyl groups excluding tert-OH is 1. The van der Waals surface area contributed by atoms with Gasteiger partial charge in [0.1, 0.15) is 0 Å². The van der Waals surface area contributed by atoms with Crippen LogP contribution in [0.1, 0.15) is 21.6 Å². The monoisotopic (exact) mass is 311 g/mol. The number of ether oxygens (including phenoxy) is 1. The minimum atomic E-state index is -4.63. The Bertz CT molecular complexity index is 699. The average Bonchev–Trinajstić information content (AvgIpc) is 2.52. The highest BCUT2D eigenvalue weighted by Crippen LogP contribution is 2.36. The maximum Gasteiger partial charge on any atom is 0.433 e. The van der Waals surface area contributed by atoms with E-state index in [0.717, 1.165) is 6.20 Å². The molecule has 2 rings (SSSR count). The molecule has 0 bridgehead atoms. The fraction of sp³-hybridized carbons (Fsp3) is 0.200. The van der Waals surface area contributed by atoms with Crippen LogP contribution in [0.3, 0.4) is 0 Å². The lowest BCUT2D eigenvalue weighted by Crippen LogP contribution is -2.10. The lowest BCUT2D eigenvalue weighted by molar-refractivity contribution is -0.140. The van der Waals surface area contributed by atoms with Crippen molar-refractivity contribution >= 4 is 5.97 Å². The van der Waals surface area contributed by atoms with E-state index in [-0.39, 0.29) is 16.7 Å². The van der Waals surface area contributed by atoms with Gasteiger partial charge in [-0.1, -0.05) is 6.07 Å². The van der Waals surface area contributed by atoms with Crippen LogP contribution in [0.15, 0.2) is 36.5 Å². The normalized spacial score (nSPS) is 11.3. The van der Waals surface area contributed by atoms with Crippen molar-refractivity contribution in [3.05, 3.63) is 53.3 Å². The number of hydrogen-bond acceptors (Lipinski definition) is 4. The van der Waals surface area contributed by atoms with Crippen molar-refractivity contribution in [2.45, 2.75) is 12.8 Å². The number of pyridine rings is 1. The van der Waals surface area contributed by atoms with Crippen molar-refractivity contribution in [1.82, 2.24) is 4.98 Å². The molecule has 1 heterocycles. The van der Waals surface area contributed by atoms with Gasteiger partial charge >= 0.3 is 12.1 Å². The van der Waals surface area contributed by atoms with E-state index < -0.39 is 24.4 Å². The van der Waals surface area contributed by atoms with Crippen LogP contribution in [-0.2, 0) is 17.5 Å². The lowest BCUT2D eigenvalue weighted by atomic mass is 9.98. The second-order valence-corrected chi connectivity index (χ2v) is 4.47. The molecule has 1 aromatic heterocycles. The fourth-order valence-electron chi connectivity index (χ4n) is 2.04. The minimum Gasteiger partial charge on any atom is -0.465 e. The first-order chi connectivity index (χ1) is 10.4. The van der Waals surface area contributed by atoms with E-state index in [1.54, 1.807) is 0 Å². The number of alkyl halides is 3. The van der Waals surface area contributed by atoms with Gasteiger partial charge in [-0.15, -0.1) is 0 Å². The topological polar surface area (TPSA) is 59.4 Å². The number of halogens is 3. The van der Waals surface area contributed by atoms with Crippen molar-refractivity contribution in [3.8, 4) is 11.1 Å². The molecular weight excluding hydrogens is 299 g/mol. The van der Waals surface area contributed by atoms with E-state index >= 15 is 0 Å². The first kappa shape index (κ1) is 16.0. The summed E-state index contributed by atoms with van der Waals surface area (Å²) in [7, 11) is 1.17. The first-order valence-corrected chi connectivity index (χ1v) is 6.22. The van der Waals surface area contributed by atoms with Crippen molar-refractivity contribution in [2.75, 3.05) is 7.11 Å². The highest BCUT2D eigenvalue weighted by Gasteiger charge is 2.35. The van der Waals surface area contributed by atoms with E-state index in [4.69, 9.17) is 0 Å². The summed E-state index contributed by atoms with van der Waals surface area (Å²) in [5.41, 5.74) is -0.736. The second kappa shape index (κ2) is 6.15. The summed E-state index contributed by atoms with van der Waals surface area (Å²) in [6.45, 7) is -0.417. The zero-order valence-corrected chi connectivity index (χ0v) is 11.5. The Hall–Kier alpha value is -2.41. The number of nitrogens with zero attached hydrogens (tertiary/aromatic N) is 1. The molecule has 116 valence electrons. The summed E-state index contributed by atoms with van der Waals surface area (Å²) in [4.78, 5) is 15.0. The molecule has 1 N–H and O–H groups in total. The van der Waals surface area contributed by atoms with Gasteiger partial charge in [-0.25, -0.2) is 4.79 Å². The van der Waals surface area contributed by atoms with Crippen LogP contribution in [0.4, 0.5) is 13.2 Å². The highest BCUT2D eigenvalue weighted by molar-refractivity contribution is 5.91. The second-order valence-electron chi connectivity index (χ2n) is 4.47. The Labute approximate surface area is 124 Å². The van der Waals surface area contributed by atoms with Crippen molar-refractivity contribution < 1.29 is 27.8 Å². The average molecular weight is 311 g/mol. The predicted octanol–water partition coefficient (Wildman–Crippen LogP) is 3.05. The highest BCUT2D eigenvalue weighted by atomic mass is 19.4. The zero-order chi connectivity index (χ0) is 16.3. The van der Waals surface area contributed by atoms with Crippen LogP contribution in [0, 0.1) is 0 Å². The van der Waals surface area contributed by atoms with Crippen LogP contribution in [0.2, 0.25) is 0 Å². The summed E-state index contributed by atoms with van der Waals surface area (Å²) in [5.74, 6) is -0.700. The largest absolute Gasteiger partial charge is 0.465 e. The minimum absolute atomic E-state index is 0.0565. The Morgan fingerprint density at radius 1 is 1.32 bits per heavy atom. The fourth-order valence-corrected chi connectivity index (χ4v) is 2.04. The van der Waals surface area contributed by atoms with E-state index in [1.807, 2.05) is 0 Å². The molecule has 0 aliphatic rings. The van der Waals surface area contributed by atoms with Crippen LogP contribution in [0.25, 0.3) is 11.1 Å². The van der Waals surface area contributed by atoms with Gasteiger partial charge in [-0.05, 0) is 35.4 Å². The van der Waals surface area contributed by atoms with Gasteiger partial charge in [0.2, 0.25) is 0 Å². The number of aromatic nitrogens is 1. The summed E-state index contributed by atoms with van der Waals surface area (Å²) in [6.07, 6.45) is -3.58. The Morgan fingerprint density at radius 3 is 2.64 bits per heavy atom. The third-order valence-electron chi connectivity index (χ3n) is 2.98. The molecule has 0 radical (unpaired) electrons. The van der Waals surface area contributed by atoms with Gasteiger partial charge in [0.25, 0.3) is 0 Å². The molecule has 7 heteroatoms. The molecule has 0 aliphatic carbocycles. The summed E-state index contributed by atoms with van der Waals surface area (Å²) >= 11 is 0. The van der Waals surface area contributed by atoms with Gasteiger partial charge in [-0.3, -0.25) is 4.98 Å². The van der Waals surface area contributed by atoms with Gasteiger partial charge in [0, 0.05) is 11.8 Å². The number of rotatable bonds is 3. The van der Waals surface area contributed by atoms with Crippen LogP contribution < -0.4 is 0 Å². The lowest BCUT2D eigenvalue weighted by Gasteiger charge is -2.13. The molecule has 0 unspecified atom stereocenters. The number of carbonyl (C=O) groups is 1. The maximum atomic E-state index is 13.0. The zero-order valence-electron chi connectivity index (χ0n) is 11.5. The summed E-state index contributed by atoms with van der Waals surface area (Å²) in [5, 5.41) is 9.23. The predicted molar refractivity (Wildman–Crippen MR) is 71.9 cm³/mol. The van der Waals surface area contributed by atoms with E-state index in [9.17, 15) is 23.1 Å². The van der Waals surface area contributed by atoms with Gasteiger partial charge in [0.05, 0.1) is 19.3 Å². The van der Waals surface area contributed by atoms with E-state index in [1.165, 1.54) is 37.4 Å². The molecule has 0 saturated carbocycles. The number of carbonyl (C=O) groups excluding carboxylic acids is 1. The van der Waals surface area contributed by atoms with Crippen molar-refractivity contribution in [2.24, 2.45) is 0 Å². The van der Waals surface area contributed by atoms with Gasteiger partial charge < -0.3 is 9.84 Å². The van der Waals surface area contributed by atoms with Crippen molar-refractivity contribution in [3.63, 3.8) is 0 Å². The number of hydrogen-bond donors (Lipinski definition) is 1. The van der Waals surface area contributed by atoms with Crippen LogP contribution in [-0.4, -0.2) is 23.2 Å². The van der Waals surface area contributed by atoms with E-state index in [0.29, 0.717) is 5.56 Å². The SMILES string of the molecule is COC(=O)c1cc(CO)cc(-c2cccnc2C(F)(F)F)c1. The number of methoxy groups -OCH3 is 1. The first-order valence-electron chi connectivity index (χ1n) is 6.22. The molecular formula is C15H12F3NO3. The molecule has 0 spiro atoms. The maximum absolute atomic E-state index is 13.0. The molecule has 0 fully saturated rings. The standard InChI is InChI=1S/C15H12F3NO3/c1-22-14(21)11-6-9(8-20)5-10(7-11)12-3-2-4-19-13(12)15(16,17)18/h2-7,20H,8H2,1H3. The molecule has 0 saturated heterocycles. The van der Waals surface area contributed by atoms with Crippen LogP contribution >= 0.6 is 0 Å². The number of esters is 1. The van der Waals surface area contributed by atoms with E-state index in [2.05, 4.69) is 9.72 Å². The molecule has 1 aromatic carbocycles. The smallest absolute Gasteiger partial charge is 0.433 e. The number of aliphatic hydroxyl groups is 1. The van der Waals surface area contributed by atoms with Gasteiger partial charge in [-0.2, -0.15) is 13.2 Å². The van der Waals surface area contributed by atoms with Crippen molar-refractivity contribution in [1.29, 1.82) is 0 Å². The van der Waals surface area contributed by atoms with Gasteiger partial charge in [0.15, 0.2) is 5.69 Å². The quantitative estimate of drug-likeness (QED) is 0.885. The Morgan fingerprint density at radius 2 is 2.05 bits per heavy atom. The molecule has 2 aromatic rings. The number of benzene rings is 1. The molecule has 0 atom stereocenters. The molecule has 0 aliphatic heterocycles. The molecule has 22 heavy (non-hydrogen) atoms. The Balaban J connectivity index is 2.65. The summed E-state index contributed by atoms with van der Waals surface area (Å²) < 4.78 is 43.7. The third-order valence-corrected chi connectivity index (χ3v) is 2.98. The Kier molecular flexibility index (Phi) is 4.46. The van der Waals surface area contributed by atoms with Crippen LogP contribution in [0.5, 0.6) is 0 Å². The molecule has 0 amide bonds. The summed E-state index contributed by atoms with van der Waals surface area (Å²) in [6, 6.07) is 6.64. The molecule has 4 nitrogen and oxygen atoms in total.